The second-order valence-corrected chi connectivity index (χ2v) is 6.32. The molecule has 3 nitrogen and oxygen atoms in total. The zero-order valence-electron chi connectivity index (χ0n) is 11.8. The van der Waals surface area contributed by atoms with Crippen LogP contribution in [-0.4, -0.2) is 48.8 Å². The van der Waals surface area contributed by atoms with Crippen LogP contribution in [-0.2, 0) is 4.74 Å². The number of nitrogens with zero attached hydrogens (tertiary/aromatic N) is 1. The zero-order chi connectivity index (χ0) is 12.5. The fourth-order valence-electron chi connectivity index (χ4n) is 3.39. The second kappa shape index (κ2) is 5.25. The van der Waals surface area contributed by atoms with Gasteiger partial charge in [-0.1, -0.05) is 6.92 Å². The van der Waals surface area contributed by atoms with Crippen molar-refractivity contribution < 1.29 is 4.74 Å². The first kappa shape index (κ1) is 13.3. The zero-order valence-corrected chi connectivity index (χ0v) is 11.8. The van der Waals surface area contributed by atoms with Gasteiger partial charge in [0.15, 0.2) is 0 Å². The van der Waals surface area contributed by atoms with Gasteiger partial charge in [-0.2, -0.15) is 0 Å². The number of hydrogen-bond acceptors (Lipinski definition) is 3. The molecule has 0 aromatic carbocycles. The van der Waals surface area contributed by atoms with Crippen LogP contribution in [0.15, 0.2) is 0 Å². The Bertz CT molecular complexity index is 255. The van der Waals surface area contributed by atoms with Crippen molar-refractivity contribution in [2.75, 3.05) is 20.2 Å². The molecule has 3 heteroatoms. The Morgan fingerprint density at radius 1 is 1.35 bits per heavy atom. The van der Waals surface area contributed by atoms with Crippen LogP contribution in [0.3, 0.4) is 0 Å². The van der Waals surface area contributed by atoms with Crippen LogP contribution < -0.4 is 5.32 Å². The molecule has 0 spiro atoms. The van der Waals surface area contributed by atoms with Crippen molar-refractivity contribution in [2.45, 2.75) is 70.2 Å². The number of hydrogen-bond donors (Lipinski definition) is 1. The predicted molar refractivity (Wildman–Crippen MR) is 71.3 cm³/mol. The molecular weight excluding hydrogens is 212 g/mol. The van der Waals surface area contributed by atoms with Gasteiger partial charge in [-0.3, -0.25) is 4.90 Å². The van der Waals surface area contributed by atoms with Gasteiger partial charge in [0.05, 0.1) is 6.10 Å². The smallest absolute Gasteiger partial charge is 0.0586 e. The molecule has 1 saturated heterocycles. The summed E-state index contributed by atoms with van der Waals surface area (Å²) in [6.45, 7) is 9.24. The van der Waals surface area contributed by atoms with Crippen molar-refractivity contribution in [3.8, 4) is 0 Å². The van der Waals surface area contributed by atoms with Gasteiger partial charge in [-0.25, -0.2) is 0 Å². The highest BCUT2D eigenvalue weighted by atomic mass is 16.5. The van der Waals surface area contributed by atoms with E-state index in [9.17, 15) is 0 Å². The molecule has 3 atom stereocenters. The third-order valence-electron chi connectivity index (χ3n) is 4.49. The van der Waals surface area contributed by atoms with E-state index in [4.69, 9.17) is 4.74 Å². The number of piperazine rings is 1. The Morgan fingerprint density at radius 2 is 2.12 bits per heavy atom. The van der Waals surface area contributed by atoms with Gasteiger partial charge < -0.3 is 10.1 Å². The van der Waals surface area contributed by atoms with E-state index >= 15 is 0 Å². The van der Waals surface area contributed by atoms with Crippen LogP contribution in [0.2, 0.25) is 0 Å². The highest BCUT2D eigenvalue weighted by Crippen LogP contribution is 2.30. The van der Waals surface area contributed by atoms with Crippen LogP contribution in [0, 0.1) is 0 Å². The van der Waals surface area contributed by atoms with Gasteiger partial charge in [0.2, 0.25) is 0 Å². The maximum absolute atomic E-state index is 5.51. The van der Waals surface area contributed by atoms with E-state index < -0.39 is 0 Å². The lowest BCUT2D eigenvalue weighted by molar-refractivity contribution is 0.0418. The summed E-state index contributed by atoms with van der Waals surface area (Å²) in [5.41, 5.74) is 0.261. The summed E-state index contributed by atoms with van der Waals surface area (Å²) in [5, 5.41) is 3.67. The molecule has 1 saturated carbocycles. The number of rotatable bonds is 3. The molecule has 0 aromatic rings. The molecule has 0 amide bonds. The summed E-state index contributed by atoms with van der Waals surface area (Å²) in [6.07, 6.45) is 5.52. The Kier molecular flexibility index (Phi) is 4.11. The van der Waals surface area contributed by atoms with Crippen LogP contribution in [0.1, 0.15) is 46.5 Å². The first-order valence-electron chi connectivity index (χ1n) is 7.09. The standard InChI is InChI=1S/C14H28N2O/c1-5-11-9-15-14(2,3)10-16(11)12-6-7-13(8-12)17-4/h11-13,15H,5-10H2,1-4H3. The Labute approximate surface area is 106 Å². The van der Waals surface area contributed by atoms with Gasteiger partial charge in [0.25, 0.3) is 0 Å². The molecule has 100 valence electrons. The summed E-state index contributed by atoms with van der Waals surface area (Å²) in [5.74, 6) is 0. The molecular formula is C14H28N2O. The van der Waals surface area contributed by atoms with Crippen molar-refractivity contribution in [1.82, 2.24) is 10.2 Å². The summed E-state index contributed by atoms with van der Waals surface area (Å²) in [7, 11) is 1.85. The molecule has 17 heavy (non-hydrogen) atoms. The number of nitrogens with one attached hydrogen (secondary N) is 1. The lowest BCUT2D eigenvalue weighted by Crippen LogP contribution is -2.63. The van der Waals surface area contributed by atoms with E-state index in [0.717, 1.165) is 12.6 Å². The summed E-state index contributed by atoms with van der Waals surface area (Å²) in [6, 6.07) is 1.45. The largest absolute Gasteiger partial charge is 0.381 e. The first-order chi connectivity index (χ1) is 8.05. The predicted octanol–water partition coefficient (Wildman–Crippen LogP) is 2.02. The minimum Gasteiger partial charge on any atom is -0.381 e. The Balaban J connectivity index is 2.00. The molecule has 2 aliphatic rings. The Hall–Kier alpha value is -0.120. The molecule has 1 aliphatic carbocycles. The summed E-state index contributed by atoms with van der Waals surface area (Å²) >= 11 is 0. The minimum absolute atomic E-state index is 0.261. The van der Waals surface area contributed by atoms with E-state index in [1.807, 2.05) is 7.11 Å². The average Bonchev–Trinajstić information content (AvgIpc) is 2.76. The van der Waals surface area contributed by atoms with Gasteiger partial charge in [-0.15, -0.1) is 0 Å². The van der Waals surface area contributed by atoms with Gasteiger partial charge in [0.1, 0.15) is 0 Å². The summed E-state index contributed by atoms with van der Waals surface area (Å²) in [4.78, 5) is 2.75. The molecule has 1 heterocycles. The number of methoxy groups -OCH3 is 1. The van der Waals surface area contributed by atoms with E-state index in [1.165, 1.54) is 32.2 Å². The molecule has 3 unspecified atom stereocenters. The lowest BCUT2D eigenvalue weighted by Gasteiger charge is -2.47. The van der Waals surface area contributed by atoms with E-state index in [1.54, 1.807) is 0 Å². The van der Waals surface area contributed by atoms with Crippen molar-refractivity contribution in [3.05, 3.63) is 0 Å². The summed E-state index contributed by atoms with van der Waals surface area (Å²) < 4.78 is 5.51. The van der Waals surface area contributed by atoms with Crippen LogP contribution in [0.4, 0.5) is 0 Å². The first-order valence-corrected chi connectivity index (χ1v) is 7.09. The third kappa shape index (κ3) is 3.01. The third-order valence-corrected chi connectivity index (χ3v) is 4.49. The fourth-order valence-corrected chi connectivity index (χ4v) is 3.39. The molecule has 2 rings (SSSR count). The lowest BCUT2D eigenvalue weighted by atomic mass is 9.95. The number of ether oxygens (including phenoxy) is 1. The van der Waals surface area contributed by atoms with Crippen molar-refractivity contribution >= 4 is 0 Å². The van der Waals surface area contributed by atoms with Crippen molar-refractivity contribution in [3.63, 3.8) is 0 Å². The molecule has 1 aliphatic heterocycles. The molecule has 0 bridgehead atoms. The van der Waals surface area contributed by atoms with Crippen molar-refractivity contribution in [1.29, 1.82) is 0 Å². The minimum atomic E-state index is 0.261. The normalized spacial score (nSPS) is 38.5. The Morgan fingerprint density at radius 3 is 2.71 bits per heavy atom. The monoisotopic (exact) mass is 240 g/mol. The van der Waals surface area contributed by atoms with Gasteiger partial charge in [-0.05, 0) is 39.5 Å². The average molecular weight is 240 g/mol. The highest BCUT2D eigenvalue weighted by Gasteiger charge is 2.38. The molecule has 0 radical (unpaired) electrons. The van der Waals surface area contributed by atoms with Crippen LogP contribution in [0.5, 0.6) is 0 Å². The molecule has 1 N–H and O–H groups in total. The maximum atomic E-state index is 5.51. The van der Waals surface area contributed by atoms with Crippen LogP contribution in [0.25, 0.3) is 0 Å². The van der Waals surface area contributed by atoms with Crippen LogP contribution >= 0.6 is 0 Å². The van der Waals surface area contributed by atoms with Crippen molar-refractivity contribution in [2.24, 2.45) is 0 Å². The van der Waals surface area contributed by atoms with Gasteiger partial charge >= 0.3 is 0 Å². The topological polar surface area (TPSA) is 24.5 Å². The van der Waals surface area contributed by atoms with Gasteiger partial charge in [0, 0.05) is 37.8 Å². The molecule has 0 aromatic heterocycles. The second-order valence-electron chi connectivity index (χ2n) is 6.32. The quantitative estimate of drug-likeness (QED) is 0.817. The van der Waals surface area contributed by atoms with E-state index in [-0.39, 0.29) is 5.54 Å². The fraction of sp³-hybridized carbons (Fsp3) is 1.00. The SMILES string of the molecule is CCC1CNC(C)(C)CN1C1CCC(OC)C1. The molecule has 2 fully saturated rings. The highest BCUT2D eigenvalue weighted by molar-refractivity contribution is 4.96. The van der Waals surface area contributed by atoms with E-state index in [2.05, 4.69) is 31.0 Å². The van der Waals surface area contributed by atoms with E-state index in [0.29, 0.717) is 12.1 Å². The maximum Gasteiger partial charge on any atom is 0.0586 e.